The van der Waals surface area contributed by atoms with Gasteiger partial charge in [0.15, 0.2) is 0 Å². The van der Waals surface area contributed by atoms with Crippen molar-refractivity contribution in [2.75, 3.05) is 51.6 Å². The molecule has 0 amide bonds. The van der Waals surface area contributed by atoms with Crippen LogP contribution in [0.4, 0.5) is 0 Å². The summed E-state index contributed by atoms with van der Waals surface area (Å²) in [6.45, 7) is 12.1. The average molecular weight is 1620 g/mol. The van der Waals surface area contributed by atoms with E-state index < -0.39 is 0 Å². The number of nitrogens with two attached hydrogens (primary N) is 1. The van der Waals surface area contributed by atoms with Gasteiger partial charge in [0.05, 0.1) is 34.2 Å². The van der Waals surface area contributed by atoms with Crippen molar-refractivity contribution in [3.05, 3.63) is 81.7 Å². The Hall–Kier alpha value is 0.868. The molecule has 6 heterocycles. The molecule has 0 aromatic carbocycles. The molecule has 12 atom stereocenters. The Morgan fingerprint density at radius 3 is 0.760 bits per heavy atom. The van der Waals surface area contributed by atoms with Gasteiger partial charge in [0.25, 0.3) is 0 Å². The van der Waals surface area contributed by atoms with Crippen molar-refractivity contribution in [2.24, 2.45) is 5.73 Å². The number of fused-ring (bicyclic) bond motifs is 12. The standard InChI is InChI=1S/C23H40N6S.C21H34ClN5.C21H35N5.4CH4.6ClH.3Mn/c24-9-12-30-19-13-17-15-27-22-7-3-1-5-20(22)25-10-11-26-21-6-2-4-8-23(21)28-16-18(14-19)29-17;22-15-11-16-13-25-20-7-3-1-5-18(20)23-9-10-24-19-6-2-4-8-21(19)26-14-17(12-15)27-16;1-3-10-20-18(8-1)22-12-13-23-19-9-2-4-11-21(19)25-15-17-7-5-6-16(26-17)14-24-20;;;;;;;;;;;;;/h13-14,20-23,25-28H,1-12,15-16,24H2;11-12,18-21,23-26H,1-10,13-14H2;5-7,18-25H,1-4,8-15H2;4*1H4;6*1H;;;/q;;;;;;;;;;;;;3*+2/p-6/t20-,21?,22?,23-;2*18-,19?,20?,21-;;;;;;;;;;;;;/m111............./s1. The van der Waals surface area contributed by atoms with E-state index in [0.29, 0.717) is 79.0 Å². The second-order valence-corrected chi connectivity index (χ2v) is 33.4. The van der Waals surface area contributed by atoms with Crippen molar-refractivity contribution in [1.29, 1.82) is 0 Å². The number of rotatable bonds is 3. The van der Waals surface area contributed by atoms with E-state index in [9.17, 15) is 0 Å². The van der Waals surface area contributed by atoms with Crippen molar-refractivity contribution < 1.29 is 39.4 Å². The Kier molecular flexibility index (Phi) is 52.5. The molecule has 0 radical (unpaired) electrons. The van der Waals surface area contributed by atoms with Crippen LogP contribution in [0.1, 0.15) is 218 Å². The summed E-state index contributed by atoms with van der Waals surface area (Å²) in [6, 6.07) is 21.7. The van der Waals surface area contributed by atoms with Crippen LogP contribution in [0, 0.1) is 0 Å². The van der Waals surface area contributed by atoms with E-state index >= 15 is 0 Å². The van der Waals surface area contributed by atoms with Crippen molar-refractivity contribution >= 4 is 84.0 Å². The first-order valence-electron chi connectivity index (χ1n) is 34.6. The molecule has 557 valence electrons. The minimum atomic E-state index is 0. The summed E-state index contributed by atoms with van der Waals surface area (Å²) in [5.41, 5.74) is 12.5. The third kappa shape index (κ3) is 34.4. The molecule has 0 spiro atoms. The largest absolute Gasteiger partial charge is 0.311 e. The summed E-state index contributed by atoms with van der Waals surface area (Å²) in [6.07, 6.45) is 31.2. The zero-order valence-electron chi connectivity index (χ0n) is 53.9. The molecule has 16 nitrogen and oxygen atoms in total. The number of nitrogens with zero attached hydrogens (tertiary/aromatic N) is 3. The quantitative estimate of drug-likeness (QED) is 0.0869. The number of hydrogen-bond acceptors (Lipinski definition) is 17. The Labute approximate surface area is 635 Å². The number of nitrogens with one attached hydrogen (secondary N) is 12. The molecular formula is C69H125Cl7Mn3N16S. The van der Waals surface area contributed by atoms with Crippen molar-refractivity contribution in [1.82, 2.24) is 78.8 Å². The van der Waals surface area contributed by atoms with E-state index in [2.05, 4.69) is 94.1 Å². The molecule has 27 heteroatoms. The molecular weight excluding hydrogens is 1500 g/mol. The first-order valence-corrected chi connectivity index (χ1v) is 45.7. The van der Waals surface area contributed by atoms with E-state index in [1.165, 1.54) is 170 Å². The Morgan fingerprint density at radius 2 is 0.531 bits per heavy atom. The summed E-state index contributed by atoms with van der Waals surface area (Å²) >= 11 is 8.26. The molecule has 96 heavy (non-hydrogen) atoms. The average Bonchev–Trinajstić information content (AvgIpc) is 2.23. The van der Waals surface area contributed by atoms with E-state index in [0.717, 1.165) is 112 Å². The zero-order chi connectivity index (χ0) is 64.8. The normalized spacial score (nSPS) is 28.8. The molecule has 6 aliphatic carbocycles. The molecule has 9 aliphatic rings. The van der Waals surface area contributed by atoms with Crippen LogP contribution < -0.4 is 69.5 Å². The van der Waals surface area contributed by atoms with Gasteiger partial charge in [-0.15, -0.1) is 11.8 Å². The van der Waals surface area contributed by atoms with Crippen LogP contribution in [-0.2, 0) is 78.7 Å². The third-order valence-corrected chi connectivity index (χ3v) is 21.0. The summed E-state index contributed by atoms with van der Waals surface area (Å²) in [5, 5.41) is 46.5. The molecule has 3 aromatic heterocycles. The number of hydrogen-bond donors (Lipinski definition) is 13. The molecule has 12 rings (SSSR count). The van der Waals surface area contributed by atoms with Crippen LogP contribution in [0.3, 0.4) is 0 Å². The molecule has 3 aromatic rings. The molecule has 6 unspecified atom stereocenters. The van der Waals surface area contributed by atoms with Gasteiger partial charge >= 0.3 is 100.0 Å². The van der Waals surface area contributed by atoms with Gasteiger partial charge in [-0.25, -0.2) is 0 Å². The first kappa shape index (κ1) is 91.1. The number of thioether (sulfide) groups is 1. The predicted molar refractivity (Wildman–Crippen MR) is 405 cm³/mol. The van der Waals surface area contributed by atoms with Gasteiger partial charge < -0.3 is 69.5 Å². The van der Waals surface area contributed by atoms with Crippen molar-refractivity contribution in [3.63, 3.8) is 0 Å². The van der Waals surface area contributed by atoms with Gasteiger partial charge in [0.1, 0.15) is 0 Å². The smallest absolute Gasteiger partial charge is 0.0545 e. The summed E-state index contributed by atoms with van der Waals surface area (Å²) < 4.78 is 0. The van der Waals surface area contributed by atoms with E-state index in [1.54, 1.807) is 0 Å². The predicted octanol–water partition coefficient (Wildman–Crippen LogP) is 13.6. The molecule has 6 bridgehead atoms. The minimum absolute atomic E-state index is 0. The first-order chi connectivity index (χ1) is 45.2. The van der Waals surface area contributed by atoms with Gasteiger partial charge in [-0.2, -0.15) is 0 Å². The summed E-state index contributed by atoms with van der Waals surface area (Å²) in [5.74, 6) is 0.951. The second kappa shape index (κ2) is 55.3. The fourth-order valence-electron chi connectivity index (χ4n) is 15.3. The minimum Gasteiger partial charge on any atom is -0.311 e. The SMILES string of the molecule is C.C.C.C.Clc1cc2nc(c1)CN[C@@H]1CCCCC1NCCN[C@@H]1CCCCC1NC2.NCCSc1cc2nc(c1)CN[C@@H]1CCCCC1NCCN[C@@H]1CCCCC1NC2.[Cl][Mn][Cl].[Cl][Mn][Cl].[Cl][Mn][Cl].c1cc2nc(c1)CN[C@@H]1CCCCC1NCCN[C@@H]1CCCCC1NC2. The molecule has 0 saturated heterocycles. The number of aromatic nitrogens is 3. The van der Waals surface area contributed by atoms with Crippen molar-refractivity contribution in [2.45, 2.75) is 300 Å². The van der Waals surface area contributed by atoms with Crippen LogP contribution in [-0.4, -0.2) is 139 Å². The summed E-state index contributed by atoms with van der Waals surface area (Å²) in [7, 11) is 28.8. The Balaban J connectivity index is 0.000000346. The molecule has 3 aliphatic heterocycles. The van der Waals surface area contributed by atoms with Crippen molar-refractivity contribution in [3.8, 4) is 0 Å². The zero-order valence-corrected chi connectivity index (χ0v) is 63.6. The maximum absolute atomic E-state index is 6.39. The molecule has 14 N–H and O–H groups in total. The van der Waals surface area contributed by atoms with E-state index in [1.807, 2.05) is 23.9 Å². The number of pyridine rings is 3. The van der Waals surface area contributed by atoms with Gasteiger partial charge in [0, 0.05) is 173 Å². The molecule has 6 saturated carbocycles. The fourth-order valence-corrected chi connectivity index (χ4v) is 16.3. The topological polar surface area (TPSA) is 209 Å². The number of halogens is 7. The fraction of sp³-hybridized carbons (Fsp3) is 0.783. The van der Waals surface area contributed by atoms with Crippen LogP contribution in [0.25, 0.3) is 0 Å². The second-order valence-electron chi connectivity index (χ2n) is 26.0. The van der Waals surface area contributed by atoms with E-state index in [4.69, 9.17) is 92.9 Å². The third-order valence-electron chi connectivity index (χ3n) is 19.7. The maximum Gasteiger partial charge on any atom is 0.0545 e. The molecule has 6 fully saturated rings. The van der Waals surface area contributed by atoms with Gasteiger partial charge in [-0.1, -0.05) is 124 Å². The maximum atomic E-state index is 6.39. The monoisotopic (exact) mass is 1620 g/mol. The van der Waals surface area contributed by atoms with Crippen LogP contribution in [0.15, 0.2) is 47.4 Å². The Morgan fingerprint density at radius 1 is 0.333 bits per heavy atom. The Bertz CT molecular complexity index is 2290. The van der Waals surface area contributed by atoms with E-state index in [-0.39, 0.29) is 69.1 Å². The summed E-state index contributed by atoms with van der Waals surface area (Å²) in [4.78, 5) is 16.1. The van der Waals surface area contributed by atoms with Gasteiger partial charge in [-0.05, 0) is 113 Å². The van der Waals surface area contributed by atoms with Gasteiger partial charge in [-0.3, -0.25) is 15.0 Å². The van der Waals surface area contributed by atoms with Gasteiger partial charge in [0.2, 0.25) is 0 Å². The van der Waals surface area contributed by atoms with Crippen LogP contribution >= 0.6 is 84.0 Å². The van der Waals surface area contributed by atoms with Crippen LogP contribution in [0.5, 0.6) is 0 Å². The van der Waals surface area contributed by atoms with Crippen LogP contribution in [0.2, 0.25) is 5.02 Å².